The average Bonchev–Trinajstić information content (AvgIpc) is 3.26. The highest BCUT2D eigenvalue weighted by molar-refractivity contribution is 7.71. The van der Waals surface area contributed by atoms with Crippen molar-refractivity contribution in [2.75, 3.05) is 6.54 Å². The Balaban J connectivity index is 1.50. The number of rotatable bonds is 6. The highest BCUT2D eigenvalue weighted by atomic mass is 32.1. The number of H-pyrrole nitrogens is 1. The fraction of sp³-hybridized carbons (Fsp3) is 0.438. The Bertz CT molecular complexity index is 767. The number of aromatic amines is 1. The van der Waals surface area contributed by atoms with Gasteiger partial charge in [-0.1, -0.05) is 12.1 Å². The number of benzene rings is 1. The van der Waals surface area contributed by atoms with Gasteiger partial charge in [-0.15, -0.1) is 0 Å². The normalized spacial score (nSPS) is 19.5. The van der Waals surface area contributed by atoms with Crippen LogP contribution in [-0.2, 0) is 17.8 Å². The molecule has 122 valence electrons. The molecule has 1 saturated carbocycles. The molecule has 1 fully saturated rings. The summed E-state index contributed by atoms with van der Waals surface area (Å²) in [6.45, 7) is 3.32. The maximum Gasteiger partial charge on any atom is 0.223 e. The molecule has 0 saturated heterocycles. The van der Waals surface area contributed by atoms with Crippen LogP contribution in [0.2, 0.25) is 0 Å². The van der Waals surface area contributed by atoms with Crippen molar-refractivity contribution in [1.29, 1.82) is 0 Å². The summed E-state index contributed by atoms with van der Waals surface area (Å²) in [5.41, 5.74) is 1.03. The molecule has 0 radical (unpaired) electrons. The lowest BCUT2D eigenvalue weighted by Crippen LogP contribution is -2.28. The summed E-state index contributed by atoms with van der Waals surface area (Å²) in [7, 11) is 0. The van der Waals surface area contributed by atoms with Crippen molar-refractivity contribution in [2.45, 2.75) is 32.2 Å². The molecule has 1 aliphatic carbocycles. The lowest BCUT2D eigenvalue weighted by Gasteiger charge is -2.06. The third kappa shape index (κ3) is 3.44. The largest absolute Gasteiger partial charge is 0.508 e. The summed E-state index contributed by atoms with van der Waals surface area (Å²) in [6.07, 6.45) is 1.49. The number of aromatic nitrogens is 3. The smallest absolute Gasteiger partial charge is 0.223 e. The van der Waals surface area contributed by atoms with E-state index in [4.69, 9.17) is 12.2 Å². The number of hydrogen-bond donors (Lipinski definition) is 3. The number of carbonyl (C=O) groups excluding carboxylic acids is 1. The Kier molecular flexibility index (Phi) is 4.47. The quantitative estimate of drug-likeness (QED) is 0.708. The molecular weight excluding hydrogens is 312 g/mol. The van der Waals surface area contributed by atoms with E-state index in [1.165, 1.54) is 0 Å². The fourth-order valence-electron chi connectivity index (χ4n) is 2.90. The van der Waals surface area contributed by atoms with Crippen molar-refractivity contribution in [3.8, 4) is 5.75 Å². The van der Waals surface area contributed by atoms with Crippen LogP contribution in [0.1, 0.15) is 30.7 Å². The third-order valence-electron chi connectivity index (χ3n) is 4.23. The topological polar surface area (TPSA) is 82.9 Å². The van der Waals surface area contributed by atoms with Crippen LogP contribution in [0.5, 0.6) is 5.75 Å². The highest BCUT2D eigenvalue weighted by Crippen LogP contribution is 2.48. The molecule has 2 atom stereocenters. The molecule has 23 heavy (non-hydrogen) atoms. The van der Waals surface area contributed by atoms with E-state index in [0.717, 1.165) is 24.4 Å². The highest BCUT2D eigenvalue weighted by Gasteiger charge is 2.43. The van der Waals surface area contributed by atoms with E-state index in [2.05, 4.69) is 15.5 Å². The van der Waals surface area contributed by atoms with Gasteiger partial charge in [0.25, 0.3) is 0 Å². The molecule has 2 aromatic rings. The van der Waals surface area contributed by atoms with E-state index < -0.39 is 0 Å². The second-order valence-corrected chi connectivity index (χ2v) is 6.16. The van der Waals surface area contributed by atoms with Gasteiger partial charge in [0.2, 0.25) is 5.91 Å². The Morgan fingerprint density at radius 1 is 1.57 bits per heavy atom. The summed E-state index contributed by atoms with van der Waals surface area (Å²) in [5, 5.41) is 19.4. The van der Waals surface area contributed by atoms with Gasteiger partial charge in [0.05, 0.1) is 0 Å². The van der Waals surface area contributed by atoms with Gasteiger partial charge in [0.15, 0.2) is 4.77 Å². The zero-order valence-corrected chi connectivity index (χ0v) is 13.8. The van der Waals surface area contributed by atoms with Crippen LogP contribution in [-0.4, -0.2) is 32.3 Å². The van der Waals surface area contributed by atoms with Crippen molar-refractivity contribution >= 4 is 18.1 Å². The minimum absolute atomic E-state index is 0.00352. The SMILES string of the molecule is CCn1c(CCNC(=O)[C@@H]2C[C@H]2c2cccc(O)c2)n[nH]c1=S. The molecule has 1 aliphatic rings. The minimum Gasteiger partial charge on any atom is -0.508 e. The number of carbonyl (C=O) groups is 1. The van der Waals surface area contributed by atoms with E-state index in [9.17, 15) is 9.90 Å². The van der Waals surface area contributed by atoms with Gasteiger partial charge in [0, 0.05) is 25.4 Å². The molecule has 7 heteroatoms. The number of nitrogens with one attached hydrogen (secondary N) is 2. The fourth-order valence-corrected chi connectivity index (χ4v) is 3.18. The number of nitrogens with zero attached hydrogens (tertiary/aromatic N) is 2. The number of phenolic OH excluding ortho intramolecular Hbond substituents is 1. The molecule has 1 aromatic carbocycles. The molecule has 1 aromatic heterocycles. The number of aromatic hydroxyl groups is 1. The Labute approximate surface area is 139 Å². The maximum absolute atomic E-state index is 12.2. The summed E-state index contributed by atoms with van der Waals surface area (Å²) >= 11 is 5.14. The van der Waals surface area contributed by atoms with Gasteiger partial charge >= 0.3 is 0 Å². The molecule has 6 nitrogen and oxygen atoms in total. The Hall–Kier alpha value is -2.15. The molecular formula is C16H20N4O2S. The van der Waals surface area contributed by atoms with E-state index >= 15 is 0 Å². The lowest BCUT2D eigenvalue weighted by atomic mass is 10.1. The van der Waals surface area contributed by atoms with E-state index in [1.54, 1.807) is 12.1 Å². The molecule has 0 spiro atoms. The second-order valence-electron chi connectivity index (χ2n) is 5.77. The van der Waals surface area contributed by atoms with Crippen molar-refractivity contribution < 1.29 is 9.90 Å². The van der Waals surface area contributed by atoms with E-state index in [1.807, 2.05) is 23.6 Å². The summed E-state index contributed by atoms with van der Waals surface area (Å²) in [4.78, 5) is 12.2. The molecule has 0 aliphatic heterocycles. The average molecular weight is 332 g/mol. The van der Waals surface area contributed by atoms with Crippen LogP contribution >= 0.6 is 12.2 Å². The van der Waals surface area contributed by atoms with E-state index in [0.29, 0.717) is 17.7 Å². The predicted molar refractivity (Wildman–Crippen MR) is 88.8 cm³/mol. The van der Waals surface area contributed by atoms with Gasteiger partial charge in [-0.3, -0.25) is 9.89 Å². The van der Waals surface area contributed by atoms with Gasteiger partial charge in [-0.25, -0.2) is 0 Å². The zero-order valence-electron chi connectivity index (χ0n) is 13.0. The summed E-state index contributed by atoms with van der Waals surface area (Å²) in [5.74, 6) is 1.39. The molecule has 1 heterocycles. The van der Waals surface area contributed by atoms with Crippen LogP contribution in [0.4, 0.5) is 0 Å². The molecule has 3 rings (SSSR count). The maximum atomic E-state index is 12.2. The molecule has 3 N–H and O–H groups in total. The second kappa shape index (κ2) is 6.54. The van der Waals surface area contributed by atoms with Crippen LogP contribution in [0.15, 0.2) is 24.3 Å². The van der Waals surface area contributed by atoms with Crippen molar-refractivity contribution in [2.24, 2.45) is 5.92 Å². The number of phenols is 1. The first-order valence-corrected chi connectivity index (χ1v) is 8.21. The predicted octanol–water partition coefficient (Wildman–Crippen LogP) is 2.13. The standard InChI is InChI=1S/C16H20N4O2S/c1-2-20-14(18-19-16(20)23)6-7-17-15(22)13-9-12(13)10-4-3-5-11(21)8-10/h3-5,8,12-13,21H,2,6-7,9H2,1H3,(H,17,22)(H,19,23)/t12-,13+/m0/s1. The first kappa shape index (κ1) is 15.7. The summed E-state index contributed by atoms with van der Waals surface area (Å²) in [6, 6.07) is 7.14. The Morgan fingerprint density at radius 2 is 2.39 bits per heavy atom. The van der Waals surface area contributed by atoms with Crippen molar-refractivity contribution in [3.63, 3.8) is 0 Å². The molecule has 0 bridgehead atoms. The first-order valence-electron chi connectivity index (χ1n) is 7.81. The lowest BCUT2D eigenvalue weighted by molar-refractivity contribution is -0.122. The van der Waals surface area contributed by atoms with Gasteiger partial charge in [-0.2, -0.15) is 5.10 Å². The van der Waals surface area contributed by atoms with E-state index in [-0.39, 0.29) is 23.5 Å². The van der Waals surface area contributed by atoms with Crippen molar-refractivity contribution in [1.82, 2.24) is 20.1 Å². The zero-order chi connectivity index (χ0) is 16.4. The Morgan fingerprint density at radius 3 is 3.13 bits per heavy atom. The molecule has 1 amide bonds. The van der Waals surface area contributed by atoms with Crippen LogP contribution in [0.3, 0.4) is 0 Å². The van der Waals surface area contributed by atoms with Gasteiger partial charge in [-0.05, 0) is 49.2 Å². The van der Waals surface area contributed by atoms with Crippen LogP contribution in [0, 0.1) is 10.7 Å². The van der Waals surface area contributed by atoms with Gasteiger partial charge < -0.3 is 15.0 Å². The van der Waals surface area contributed by atoms with Crippen LogP contribution in [0.25, 0.3) is 0 Å². The van der Waals surface area contributed by atoms with Crippen LogP contribution < -0.4 is 5.32 Å². The third-order valence-corrected chi connectivity index (χ3v) is 4.54. The number of amides is 1. The first-order chi connectivity index (χ1) is 11.1. The van der Waals surface area contributed by atoms with Crippen molar-refractivity contribution in [3.05, 3.63) is 40.4 Å². The molecule has 0 unspecified atom stereocenters. The number of hydrogen-bond acceptors (Lipinski definition) is 4. The monoisotopic (exact) mass is 332 g/mol. The van der Waals surface area contributed by atoms with Gasteiger partial charge in [0.1, 0.15) is 11.6 Å². The minimum atomic E-state index is 0.00352. The summed E-state index contributed by atoms with van der Waals surface area (Å²) < 4.78 is 2.54.